The number of nitrogens with two attached hydrogens (primary N) is 1. The maximum absolute atomic E-state index is 6.44. The molecule has 0 bridgehead atoms. The quantitative estimate of drug-likeness (QED) is 0.850. The van der Waals surface area contributed by atoms with Crippen LogP contribution in [0, 0.1) is 5.92 Å². The number of hydrogen-bond acceptors (Lipinski definition) is 2. The molecule has 1 aromatic carbocycles. The highest BCUT2D eigenvalue weighted by molar-refractivity contribution is 5.16. The van der Waals surface area contributed by atoms with Gasteiger partial charge in [-0.25, -0.2) is 0 Å². The van der Waals surface area contributed by atoms with Gasteiger partial charge in [-0.05, 0) is 37.7 Å². The van der Waals surface area contributed by atoms with Crippen LogP contribution in [0.2, 0.25) is 0 Å². The van der Waals surface area contributed by atoms with Gasteiger partial charge in [0.1, 0.15) is 0 Å². The monoisotopic (exact) mass is 261 g/mol. The van der Waals surface area contributed by atoms with Crippen molar-refractivity contribution < 1.29 is 4.74 Å². The molecule has 1 aromatic rings. The normalized spacial score (nSPS) is 20.1. The van der Waals surface area contributed by atoms with Gasteiger partial charge in [0.25, 0.3) is 0 Å². The molecule has 1 saturated carbocycles. The number of benzene rings is 1. The molecule has 1 aliphatic carbocycles. The Kier molecular flexibility index (Phi) is 5.87. The Morgan fingerprint density at radius 3 is 2.47 bits per heavy atom. The van der Waals surface area contributed by atoms with Crippen LogP contribution in [-0.4, -0.2) is 18.8 Å². The third kappa shape index (κ3) is 4.32. The first-order chi connectivity index (χ1) is 9.31. The summed E-state index contributed by atoms with van der Waals surface area (Å²) >= 11 is 0. The summed E-state index contributed by atoms with van der Waals surface area (Å²) in [4.78, 5) is 0. The minimum absolute atomic E-state index is 0.116. The van der Waals surface area contributed by atoms with Crippen LogP contribution in [0.1, 0.15) is 44.6 Å². The molecule has 0 spiro atoms. The molecule has 0 aromatic heterocycles. The third-order valence-corrected chi connectivity index (χ3v) is 4.21. The molecule has 2 unspecified atom stereocenters. The van der Waals surface area contributed by atoms with E-state index < -0.39 is 0 Å². The van der Waals surface area contributed by atoms with Crippen LogP contribution in [0.15, 0.2) is 30.3 Å². The van der Waals surface area contributed by atoms with Crippen molar-refractivity contribution in [3.63, 3.8) is 0 Å². The molecule has 0 amide bonds. The Morgan fingerprint density at radius 1 is 1.16 bits per heavy atom. The molecule has 0 saturated heterocycles. The molecule has 0 heterocycles. The van der Waals surface area contributed by atoms with Gasteiger partial charge in [0, 0.05) is 12.6 Å². The van der Waals surface area contributed by atoms with Crippen LogP contribution in [0.3, 0.4) is 0 Å². The second-order valence-corrected chi connectivity index (χ2v) is 5.67. The van der Waals surface area contributed by atoms with E-state index in [1.54, 1.807) is 0 Å². The van der Waals surface area contributed by atoms with Crippen LogP contribution in [-0.2, 0) is 11.2 Å². The van der Waals surface area contributed by atoms with Gasteiger partial charge in [0.2, 0.25) is 0 Å². The van der Waals surface area contributed by atoms with Crippen LogP contribution < -0.4 is 5.73 Å². The maximum atomic E-state index is 6.44. The van der Waals surface area contributed by atoms with Gasteiger partial charge >= 0.3 is 0 Å². The Morgan fingerprint density at radius 2 is 1.84 bits per heavy atom. The predicted octanol–water partition coefficient (Wildman–Crippen LogP) is 3.54. The van der Waals surface area contributed by atoms with Gasteiger partial charge in [0.15, 0.2) is 0 Å². The number of hydrogen-bond donors (Lipinski definition) is 1. The molecule has 2 rings (SSSR count). The second kappa shape index (κ2) is 7.66. The summed E-state index contributed by atoms with van der Waals surface area (Å²) in [5.41, 5.74) is 7.76. The Hall–Kier alpha value is -0.860. The highest BCUT2D eigenvalue weighted by Gasteiger charge is 2.29. The van der Waals surface area contributed by atoms with Crippen molar-refractivity contribution in [2.75, 3.05) is 6.61 Å². The van der Waals surface area contributed by atoms with Crippen LogP contribution in [0.4, 0.5) is 0 Å². The first-order valence-electron chi connectivity index (χ1n) is 7.72. The molecular weight excluding hydrogens is 234 g/mol. The summed E-state index contributed by atoms with van der Waals surface area (Å²) in [5.74, 6) is 0.660. The second-order valence-electron chi connectivity index (χ2n) is 5.67. The standard InChI is InChI=1S/C17H27NO/c1-2-19-17(15-11-7-4-8-12-15)16(18)13-14-9-5-3-6-10-14/h3,5-6,9-10,15-17H,2,4,7-8,11-13,18H2,1H3. The fourth-order valence-electron chi connectivity index (χ4n) is 3.27. The van der Waals surface area contributed by atoms with Gasteiger partial charge in [-0.3, -0.25) is 0 Å². The highest BCUT2D eigenvalue weighted by Crippen LogP contribution is 2.29. The summed E-state index contributed by atoms with van der Waals surface area (Å²) in [6.45, 7) is 2.84. The first-order valence-corrected chi connectivity index (χ1v) is 7.72. The highest BCUT2D eigenvalue weighted by atomic mass is 16.5. The molecule has 106 valence electrons. The molecular formula is C17H27NO. The van der Waals surface area contributed by atoms with Gasteiger partial charge in [0.05, 0.1) is 6.10 Å². The molecule has 0 aliphatic heterocycles. The largest absolute Gasteiger partial charge is 0.377 e. The van der Waals surface area contributed by atoms with E-state index in [2.05, 4.69) is 37.3 Å². The van der Waals surface area contributed by atoms with E-state index in [0.29, 0.717) is 5.92 Å². The lowest BCUT2D eigenvalue weighted by atomic mass is 9.81. The van der Waals surface area contributed by atoms with Crippen LogP contribution in [0.25, 0.3) is 0 Å². The summed E-state index contributed by atoms with van der Waals surface area (Å²) in [7, 11) is 0. The Labute approximate surface area is 117 Å². The van der Waals surface area contributed by atoms with E-state index in [9.17, 15) is 0 Å². The molecule has 2 nitrogen and oxygen atoms in total. The van der Waals surface area contributed by atoms with E-state index in [1.807, 2.05) is 0 Å². The average molecular weight is 261 g/mol. The van der Waals surface area contributed by atoms with Crippen LogP contribution >= 0.6 is 0 Å². The van der Waals surface area contributed by atoms with Gasteiger partial charge in [-0.1, -0.05) is 49.6 Å². The zero-order valence-electron chi connectivity index (χ0n) is 12.1. The van der Waals surface area contributed by atoms with Gasteiger partial charge < -0.3 is 10.5 Å². The minimum Gasteiger partial charge on any atom is -0.377 e. The van der Waals surface area contributed by atoms with Gasteiger partial charge in [-0.2, -0.15) is 0 Å². The topological polar surface area (TPSA) is 35.2 Å². The zero-order chi connectivity index (χ0) is 13.5. The number of ether oxygens (including phenoxy) is 1. The zero-order valence-corrected chi connectivity index (χ0v) is 12.1. The van der Waals surface area contributed by atoms with E-state index in [1.165, 1.54) is 37.7 Å². The lowest BCUT2D eigenvalue weighted by Gasteiger charge is -2.34. The van der Waals surface area contributed by atoms with Crippen molar-refractivity contribution in [1.82, 2.24) is 0 Å². The first kappa shape index (κ1) is 14.5. The SMILES string of the molecule is CCOC(C(N)Cc1ccccc1)C1CCCCC1. The fourth-order valence-corrected chi connectivity index (χ4v) is 3.27. The summed E-state index contributed by atoms with van der Waals surface area (Å²) in [6.07, 6.45) is 7.77. The lowest BCUT2D eigenvalue weighted by molar-refractivity contribution is -0.00912. The van der Waals surface area contributed by atoms with Crippen LogP contribution in [0.5, 0.6) is 0 Å². The predicted molar refractivity (Wildman–Crippen MR) is 80.1 cm³/mol. The molecule has 1 fully saturated rings. The Bertz CT molecular complexity index is 346. The molecule has 1 aliphatic rings. The van der Waals surface area contributed by atoms with Gasteiger partial charge in [-0.15, -0.1) is 0 Å². The Balaban J connectivity index is 1.97. The summed E-state index contributed by atoms with van der Waals surface area (Å²) in [5, 5.41) is 0. The van der Waals surface area contributed by atoms with Crippen molar-refractivity contribution in [1.29, 1.82) is 0 Å². The van der Waals surface area contributed by atoms with E-state index in [4.69, 9.17) is 10.5 Å². The van der Waals surface area contributed by atoms with Crippen molar-refractivity contribution in [2.24, 2.45) is 11.7 Å². The lowest BCUT2D eigenvalue weighted by Crippen LogP contribution is -2.44. The smallest absolute Gasteiger partial charge is 0.0757 e. The van der Waals surface area contributed by atoms with E-state index >= 15 is 0 Å². The molecule has 19 heavy (non-hydrogen) atoms. The summed E-state index contributed by atoms with van der Waals surface area (Å²) < 4.78 is 5.99. The van der Waals surface area contributed by atoms with Crippen molar-refractivity contribution in [3.05, 3.63) is 35.9 Å². The molecule has 0 radical (unpaired) electrons. The average Bonchev–Trinajstić information content (AvgIpc) is 2.46. The van der Waals surface area contributed by atoms with Crippen molar-refractivity contribution in [2.45, 2.75) is 57.6 Å². The summed E-state index contributed by atoms with van der Waals surface area (Å²) in [6, 6.07) is 10.6. The van der Waals surface area contributed by atoms with E-state index in [-0.39, 0.29) is 12.1 Å². The molecule has 2 atom stereocenters. The third-order valence-electron chi connectivity index (χ3n) is 4.21. The van der Waals surface area contributed by atoms with Crippen molar-refractivity contribution in [3.8, 4) is 0 Å². The van der Waals surface area contributed by atoms with E-state index in [0.717, 1.165) is 13.0 Å². The van der Waals surface area contributed by atoms with Crippen molar-refractivity contribution >= 4 is 0 Å². The molecule has 2 N–H and O–H groups in total. The fraction of sp³-hybridized carbons (Fsp3) is 0.647. The maximum Gasteiger partial charge on any atom is 0.0757 e. The minimum atomic E-state index is 0.116. The number of rotatable bonds is 6. The molecule has 2 heteroatoms.